The lowest BCUT2D eigenvalue weighted by atomic mass is 10.1. The molecule has 22 heavy (non-hydrogen) atoms. The number of amides is 2. The van der Waals surface area contributed by atoms with Gasteiger partial charge in [0.15, 0.2) is 0 Å². The lowest BCUT2D eigenvalue weighted by Gasteiger charge is -2.40. The van der Waals surface area contributed by atoms with Crippen LogP contribution in [-0.4, -0.2) is 41.6 Å². The van der Waals surface area contributed by atoms with Crippen LogP contribution >= 0.6 is 11.3 Å². The minimum atomic E-state index is -0.459. The molecule has 0 aliphatic carbocycles. The molecule has 2 heterocycles. The molecule has 0 unspecified atom stereocenters. The van der Waals surface area contributed by atoms with Gasteiger partial charge in [-0.1, -0.05) is 0 Å². The Labute approximate surface area is 134 Å². The van der Waals surface area contributed by atoms with Gasteiger partial charge in [-0.25, -0.2) is 4.79 Å². The first kappa shape index (κ1) is 16.8. The SMILES string of the molecule is CC(=O)Nc1ccsc1CNC1CN(C(=O)OC(C)(C)C)C1. The maximum Gasteiger partial charge on any atom is 0.410 e. The first-order chi connectivity index (χ1) is 10.2. The van der Waals surface area contributed by atoms with E-state index in [1.54, 1.807) is 16.2 Å². The number of carbonyl (C=O) groups excluding carboxylic acids is 2. The number of nitrogens with one attached hydrogen (secondary N) is 2. The summed E-state index contributed by atoms with van der Waals surface area (Å²) in [6.07, 6.45) is -0.263. The van der Waals surface area contributed by atoms with Gasteiger partial charge in [-0.05, 0) is 32.2 Å². The molecule has 1 fully saturated rings. The molecule has 1 aromatic rings. The van der Waals surface area contributed by atoms with Gasteiger partial charge in [0.2, 0.25) is 5.91 Å². The topological polar surface area (TPSA) is 70.7 Å². The third-order valence-corrected chi connectivity index (χ3v) is 4.06. The van der Waals surface area contributed by atoms with Crippen molar-refractivity contribution in [3.8, 4) is 0 Å². The number of rotatable bonds is 4. The second kappa shape index (κ2) is 6.66. The number of anilines is 1. The number of nitrogens with zero attached hydrogens (tertiary/aromatic N) is 1. The Morgan fingerprint density at radius 2 is 2.09 bits per heavy atom. The Kier molecular flexibility index (Phi) is 5.08. The number of hydrogen-bond acceptors (Lipinski definition) is 5. The fraction of sp³-hybridized carbons (Fsp3) is 0.600. The second-order valence-corrected chi connectivity index (χ2v) is 7.40. The van der Waals surface area contributed by atoms with Crippen LogP contribution < -0.4 is 10.6 Å². The molecule has 0 bridgehead atoms. The summed E-state index contributed by atoms with van der Waals surface area (Å²) in [4.78, 5) is 25.7. The molecule has 0 saturated carbocycles. The number of thiophene rings is 1. The van der Waals surface area contributed by atoms with Gasteiger partial charge in [-0.3, -0.25) is 4.79 Å². The van der Waals surface area contributed by atoms with E-state index in [9.17, 15) is 9.59 Å². The molecule has 1 aliphatic rings. The Bertz CT molecular complexity index is 544. The lowest BCUT2D eigenvalue weighted by molar-refractivity contribution is -0.114. The molecule has 2 N–H and O–H groups in total. The standard InChI is InChI=1S/C15H23N3O3S/c1-10(19)17-12-5-6-22-13(12)7-16-11-8-18(9-11)14(20)21-15(2,3)4/h5-6,11,16H,7-9H2,1-4H3,(H,17,19). The van der Waals surface area contributed by atoms with Gasteiger partial charge >= 0.3 is 6.09 Å². The molecule has 7 heteroatoms. The average molecular weight is 325 g/mol. The summed E-state index contributed by atoms with van der Waals surface area (Å²) in [6.45, 7) is 9.06. The summed E-state index contributed by atoms with van der Waals surface area (Å²) < 4.78 is 5.32. The van der Waals surface area contributed by atoms with Gasteiger partial charge in [0.1, 0.15) is 5.60 Å². The van der Waals surface area contributed by atoms with Crippen molar-refractivity contribution < 1.29 is 14.3 Å². The molecule has 2 amide bonds. The van der Waals surface area contributed by atoms with Crippen LogP contribution in [0.15, 0.2) is 11.4 Å². The third kappa shape index (κ3) is 4.71. The average Bonchev–Trinajstić information content (AvgIpc) is 2.71. The molecule has 6 nitrogen and oxygen atoms in total. The summed E-state index contributed by atoms with van der Waals surface area (Å²) in [5.41, 5.74) is 0.396. The van der Waals surface area contributed by atoms with Gasteiger partial charge in [0, 0.05) is 37.5 Å². The number of hydrogen-bond donors (Lipinski definition) is 2. The first-order valence-corrected chi connectivity index (χ1v) is 8.18. The van der Waals surface area contributed by atoms with Crippen LogP contribution in [0, 0.1) is 0 Å². The lowest BCUT2D eigenvalue weighted by Crippen LogP contribution is -2.60. The summed E-state index contributed by atoms with van der Waals surface area (Å²) in [6, 6.07) is 2.16. The predicted octanol–water partition coefficient (Wildman–Crippen LogP) is 2.42. The van der Waals surface area contributed by atoms with Crippen LogP contribution in [0.3, 0.4) is 0 Å². The zero-order chi connectivity index (χ0) is 16.3. The van der Waals surface area contributed by atoms with E-state index in [1.165, 1.54) is 6.92 Å². The molecule has 1 saturated heterocycles. The molecule has 1 aliphatic heterocycles. The molecule has 122 valence electrons. The normalized spacial score (nSPS) is 15.4. The Hall–Kier alpha value is -1.60. The second-order valence-electron chi connectivity index (χ2n) is 6.40. The summed E-state index contributed by atoms with van der Waals surface area (Å²) in [5, 5.41) is 8.16. The molecule has 0 atom stereocenters. The van der Waals surface area contributed by atoms with E-state index in [2.05, 4.69) is 10.6 Å². The molecule has 1 aromatic heterocycles. The van der Waals surface area contributed by atoms with Crippen molar-refractivity contribution in [2.45, 2.75) is 45.9 Å². The van der Waals surface area contributed by atoms with Crippen molar-refractivity contribution in [1.82, 2.24) is 10.2 Å². The fourth-order valence-electron chi connectivity index (χ4n) is 2.10. The van der Waals surface area contributed by atoms with Gasteiger partial charge < -0.3 is 20.3 Å². The van der Waals surface area contributed by atoms with Gasteiger partial charge in [0.25, 0.3) is 0 Å². The minimum absolute atomic E-state index is 0.0700. The van der Waals surface area contributed by atoms with E-state index >= 15 is 0 Å². The predicted molar refractivity (Wildman–Crippen MR) is 87.1 cm³/mol. The molecule has 0 radical (unpaired) electrons. The van der Waals surface area contributed by atoms with Crippen LogP contribution in [-0.2, 0) is 16.1 Å². The minimum Gasteiger partial charge on any atom is -0.444 e. The molecule has 0 spiro atoms. The van der Waals surface area contributed by atoms with Crippen molar-refractivity contribution in [1.29, 1.82) is 0 Å². The maximum absolute atomic E-state index is 11.8. The van der Waals surface area contributed by atoms with E-state index in [0.717, 1.165) is 10.6 Å². The largest absolute Gasteiger partial charge is 0.444 e. The van der Waals surface area contributed by atoms with Crippen molar-refractivity contribution in [3.05, 3.63) is 16.3 Å². The molecule has 0 aromatic carbocycles. The highest BCUT2D eigenvalue weighted by Crippen LogP contribution is 2.23. The van der Waals surface area contributed by atoms with E-state index in [4.69, 9.17) is 4.74 Å². The Morgan fingerprint density at radius 1 is 1.41 bits per heavy atom. The van der Waals surface area contributed by atoms with Crippen molar-refractivity contribution in [2.75, 3.05) is 18.4 Å². The van der Waals surface area contributed by atoms with E-state index in [1.807, 2.05) is 32.2 Å². The van der Waals surface area contributed by atoms with Crippen molar-refractivity contribution in [3.63, 3.8) is 0 Å². The quantitative estimate of drug-likeness (QED) is 0.892. The summed E-state index contributed by atoms with van der Waals surface area (Å²) in [5.74, 6) is -0.0700. The monoisotopic (exact) mass is 325 g/mol. The van der Waals surface area contributed by atoms with Gasteiger partial charge in [-0.15, -0.1) is 11.3 Å². The molecule has 2 rings (SSSR count). The zero-order valence-electron chi connectivity index (χ0n) is 13.4. The highest BCUT2D eigenvalue weighted by Gasteiger charge is 2.33. The van der Waals surface area contributed by atoms with Gasteiger partial charge in [0.05, 0.1) is 5.69 Å². The van der Waals surface area contributed by atoms with E-state index < -0.39 is 5.60 Å². The van der Waals surface area contributed by atoms with Crippen molar-refractivity contribution in [2.24, 2.45) is 0 Å². The highest BCUT2D eigenvalue weighted by atomic mass is 32.1. The maximum atomic E-state index is 11.8. The summed E-state index contributed by atoms with van der Waals surface area (Å²) in [7, 11) is 0. The molecular weight excluding hydrogens is 302 g/mol. The Balaban J connectivity index is 1.74. The van der Waals surface area contributed by atoms with Crippen LogP contribution in [0.2, 0.25) is 0 Å². The number of likely N-dealkylation sites (tertiary alicyclic amines) is 1. The highest BCUT2D eigenvalue weighted by molar-refractivity contribution is 7.10. The fourth-order valence-corrected chi connectivity index (χ4v) is 2.88. The first-order valence-electron chi connectivity index (χ1n) is 7.30. The number of carbonyl (C=O) groups is 2. The third-order valence-electron chi connectivity index (χ3n) is 3.14. The van der Waals surface area contributed by atoms with Gasteiger partial charge in [-0.2, -0.15) is 0 Å². The van der Waals surface area contributed by atoms with E-state index in [0.29, 0.717) is 19.6 Å². The van der Waals surface area contributed by atoms with Crippen LogP contribution in [0.4, 0.5) is 10.5 Å². The number of ether oxygens (including phenoxy) is 1. The van der Waals surface area contributed by atoms with Crippen LogP contribution in [0.5, 0.6) is 0 Å². The van der Waals surface area contributed by atoms with E-state index in [-0.39, 0.29) is 18.0 Å². The summed E-state index contributed by atoms with van der Waals surface area (Å²) >= 11 is 1.60. The zero-order valence-corrected chi connectivity index (χ0v) is 14.3. The van der Waals surface area contributed by atoms with Crippen molar-refractivity contribution >= 4 is 29.0 Å². The van der Waals surface area contributed by atoms with Crippen LogP contribution in [0.25, 0.3) is 0 Å². The van der Waals surface area contributed by atoms with Crippen LogP contribution in [0.1, 0.15) is 32.6 Å². The smallest absolute Gasteiger partial charge is 0.410 e. The molecular formula is C15H23N3O3S. The Morgan fingerprint density at radius 3 is 2.68 bits per heavy atom.